The SMILES string of the molecule is CCNC(Cc1ccc(I)cc1)Cc1cccc(F)c1F. The van der Waals surface area contributed by atoms with Gasteiger partial charge in [-0.2, -0.15) is 0 Å². The number of rotatable bonds is 6. The van der Waals surface area contributed by atoms with Crippen LogP contribution in [0.2, 0.25) is 0 Å². The van der Waals surface area contributed by atoms with Crippen LogP contribution in [0.25, 0.3) is 0 Å². The molecule has 0 aliphatic heterocycles. The number of benzene rings is 2. The van der Waals surface area contributed by atoms with Crippen LogP contribution in [-0.4, -0.2) is 12.6 Å². The summed E-state index contributed by atoms with van der Waals surface area (Å²) in [5, 5.41) is 3.35. The first-order valence-electron chi connectivity index (χ1n) is 7.01. The van der Waals surface area contributed by atoms with E-state index in [0.29, 0.717) is 12.0 Å². The van der Waals surface area contributed by atoms with Gasteiger partial charge in [0.2, 0.25) is 0 Å². The van der Waals surface area contributed by atoms with Crippen LogP contribution in [0.5, 0.6) is 0 Å². The van der Waals surface area contributed by atoms with E-state index in [0.717, 1.165) is 19.0 Å². The van der Waals surface area contributed by atoms with E-state index in [1.54, 1.807) is 12.1 Å². The first-order chi connectivity index (χ1) is 10.1. The van der Waals surface area contributed by atoms with Crippen molar-refractivity contribution in [1.29, 1.82) is 0 Å². The predicted molar refractivity (Wildman–Crippen MR) is 90.4 cm³/mol. The van der Waals surface area contributed by atoms with Crippen molar-refractivity contribution in [3.63, 3.8) is 0 Å². The quantitative estimate of drug-likeness (QED) is 0.711. The molecule has 0 aliphatic rings. The number of nitrogens with one attached hydrogen (secondary N) is 1. The highest BCUT2D eigenvalue weighted by atomic mass is 127. The van der Waals surface area contributed by atoms with Crippen molar-refractivity contribution in [1.82, 2.24) is 5.32 Å². The van der Waals surface area contributed by atoms with Crippen LogP contribution in [0.1, 0.15) is 18.1 Å². The Hall–Kier alpha value is -1.01. The molecule has 1 unspecified atom stereocenters. The lowest BCUT2D eigenvalue weighted by Gasteiger charge is -2.18. The molecular formula is C17H18F2IN. The molecule has 0 bridgehead atoms. The Labute approximate surface area is 137 Å². The summed E-state index contributed by atoms with van der Waals surface area (Å²) in [5.41, 5.74) is 1.62. The van der Waals surface area contributed by atoms with Crippen molar-refractivity contribution in [2.24, 2.45) is 0 Å². The maximum Gasteiger partial charge on any atom is 0.162 e. The number of halogens is 3. The average Bonchev–Trinajstić information content (AvgIpc) is 2.46. The molecule has 0 radical (unpaired) electrons. The van der Waals surface area contributed by atoms with Gasteiger partial charge in [0.15, 0.2) is 11.6 Å². The standard InChI is InChI=1S/C17H18F2IN/c1-2-21-15(10-12-6-8-14(20)9-7-12)11-13-4-3-5-16(18)17(13)19/h3-9,15,21H,2,10-11H2,1H3. The van der Waals surface area contributed by atoms with Crippen LogP contribution < -0.4 is 5.32 Å². The summed E-state index contributed by atoms with van der Waals surface area (Å²) >= 11 is 2.27. The zero-order valence-corrected chi connectivity index (χ0v) is 14.0. The summed E-state index contributed by atoms with van der Waals surface area (Å²) in [6, 6.07) is 12.7. The van der Waals surface area contributed by atoms with Gasteiger partial charge in [0, 0.05) is 9.61 Å². The lowest BCUT2D eigenvalue weighted by molar-refractivity contribution is 0.474. The van der Waals surface area contributed by atoms with Gasteiger partial charge in [-0.25, -0.2) is 8.78 Å². The normalized spacial score (nSPS) is 12.4. The van der Waals surface area contributed by atoms with E-state index >= 15 is 0 Å². The molecule has 21 heavy (non-hydrogen) atoms. The van der Waals surface area contributed by atoms with Crippen LogP contribution in [0, 0.1) is 15.2 Å². The highest BCUT2D eigenvalue weighted by molar-refractivity contribution is 14.1. The third-order valence-electron chi connectivity index (χ3n) is 3.39. The smallest absolute Gasteiger partial charge is 0.162 e. The minimum absolute atomic E-state index is 0.0892. The van der Waals surface area contributed by atoms with Gasteiger partial charge in [-0.15, -0.1) is 0 Å². The van der Waals surface area contributed by atoms with Crippen LogP contribution in [0.4, 0.5) is 8.78 Å². The maximum atomic E-state index is 13.8. The molecule has 1 nitrogen and oxygen atoms in total. The van der Waals surface area contributed by atoms with Gasteiger partial charge < -0.3 is 5.32 Å². The summed E-state index contributed by atoms with van der Waals surface area (Å²) in [7, 11) is 0. The minimum atomic E-state index is -0.781. The van der Waals surface area contributed by atoms with Gasteiger partial charge in [0.1, 0.15) is 0 Å². The molecule has 112 valence electrons. The Morgan fingerprint density at radius 1 is 1.05 bits per heavy atom. The molecule has 0 spiro atoms. The number of hydrogen-bond donors (Lipinski definition) is 1. The predicted octanol–water partition coefficient (Wildman–Crippen LogP) is 4.33. The third-order valence-corrected chi connectivity index (χ3v) is 4.11. The molecular weight excluding hydrogens is 383 g/mol. The van der Waals surface area contributed by atoms with Crippen molar-refractivity contribution >= 4 is 22.6 Å². The number of hydrogen-bond acceptors (Lipinski definition) is 1. The van der Waals surface area contributed by atoms with Crippen molar-refractivity contribution in [2.75, 3.05) is 6.54 Å². The molecule has 0 amide bonds. The molecule has 0 aliphatic carbocycles. The molecule has 1 atom stereocenters. The Bertz CT molecular complexity index is 584. The van der Waals surface area contributed by atoms with E-state index in [-0.39, 0.29) is 6.04 Å². The Morgan fingerprint density at radius 2 is 1.76 bits per heavy atom. The van der Waals surface area contributed by atoms with Gasteiger partial charge >= 0.3 is 0 Å². The average molecular weight is 401 g/mol. The van der Waals surface area contributed by atoms with Crippen molar-refractivity contribution in [3.05, 3.63) is 68.8 Å². The zero-order chi connectivity index (χ0) is 15.2. The van der Waals surface area contributed by atoms with Gasteiger partial charge in [-0.1, -0.05) is 31.2 Å². The van der Waals surface area contributed by atoms with E-state index in [4.69, 9.17) is 0 Å². The first-order valence-corrected chi connectivity index (χ1v) is 8.08. The van der Waals surface area contributed by atoms with Crippen LogP contribution in [0.15, 0.2) is 42.5 Å². The molecule has 0 heterocycles. The summed E-state index contributed by atoms with van der Waals surface area (Å²) in [6.07, 6.45) is 1.27. The molecule has 4 heteroatoms. The lowest BCUT2D eigenvalue weighted by Crippen LogP contribution is -2.33. The molecule has 2 aromatic carbocycles. The molecule has 2 rings (SSSR count). The lowest BCUT2D eigenvalue weighted by atomic mass is 9.98. The highest BCUT2D eigenvalue weighted by Crippen LogP contribution is 2.16. The van der Waals surface area contributed by atoms with Gasteiger partial charge in [-0.3, -0.25) is 0 Å². The number of likely N-dealkylation sites (N-methyl/N-ethyl adjacent to an activating group) is 1. The van der Waals surface area contributed by atoms with E-state index in [1.165, 1.54) is 9.13 Å². The monoisotopic (exact) mass is 401 g/mol. The summed E-state index contributed by atoms with van der Waals surface area (Å²) in [6.45, 7) is 2.81. The topological polar surface area (TPSA) is 12.0 Å². The van der Waals surface area contributed by atoms with E-state index in [1.807, 2.05) is 6.92 Å². The zero-order valence-electron chi connectivity index (χ0n) is 11.9. The second-order valence-corrected chi connectivity index (χ2v) is 6.25. The summed E-state index contributed by atoms with van der Waals surface area (Å²) in [4.78, 5) is 0. The van der Waals surface area contributed by atoms with E-state index < -0.39 is 11.6 Å². The van der Waals surface area contributed by atoms with Crippen LogP contribution in [-0.2, 0) is 12.8 Å². The van der Waals surface area contributed by atoms with Crippen molar-refractivity contribution in [3.8, 4) is 0 Å². The molecule has 0 saturated carbocycles. The van der Waals surface area contributed by atoms with E-state index in [9.17, 15) is 8.78 Å². The Morgan fingerprint density at radius 3 is 2.43 bits per heavy atom. The summed E-state index contributed by atoms with van der Waals surface area (Å²) < 4.78 is 28.3. The third kappa shape index (κ3) is 4.74. The van der Waals surface area contributed by atoms with E-state index in [2.05, 4.69) is 52.2 Å². The molecule has 1 N–H and O–H groups in total. The molecule has 2 aromatic rings. The van der Waals surface area contributed by atoms with Crippen molar-refractivity contribution in [2.45, 2.75) is 25.8 Å². The Kier molecular flexibility index (Phi) is 6.11. The second kappa shape index (κ2) is 7.84. The van der Waals surface area contributed by atoms with Crippen molar-refractivity contribution < 1.29 is 8.78 Å². The largest absolute Gasteiger partial charge is 0.314 e. The van der Waals surface area contributed by atoms with Gasteiger partial charge in [0.05, 0.1) is 0 Å². The maximum absolute atomic E-state index is 13.8. The fourth-order valence-corrected chi connectivity index (χ4v) is 2.74. The second-order valence-electron chi connectivity index (χ2n) is 5.00. The van der Waals surface area contributed by atoms with Crippen LogP contribution >= 0.6 is 22.6 Å². The fourth-order valence-electron chi connectivity index (χ4n) is 2.38. The summed E-state index contributed by atoms with van der Waals surface area (Å²) in [5.74, 6) is -1.51. The Balaban J connectivity index is 2.11. The molecule has 0 saturated heterocycles. The van der Waals surface area contributed by atoms with Gasteiger partial charge in [0.25, 0.3) is 0 Å². The minimum Gasteiger partial charge on any atom is -0.314 e. The highest BCUT2D eigenvalue weighted by Gasteiger charge is 2.14. The molecule has 0 fully saturated rings. The van der Waals surface area contributed by atoms with Gasteiger partial charge in [-0.05, 0) is 71.3 Å². The fraction of sp³-hybridized carbons (Fsp3) is 0.294. The van der Waals surface area contributed by atoms with Crippen LogP contribution in [0.3, 0.4) is 0 Å². The first kappa shape index (κ1) is 16.4. The molecule has 0 aromatic heterocycles.